The van der Waals surface area contributed by atoms with Gasteiger partial charge in [-0.25, -0.2) is 0 Å². The van der Waals surface area contributed by atoms with Crippen LogP contribution in [-0.2, 0) is 11.2 Å². The number of carbonyl (C=O) groups is 1. The Morgan fingerprint density at radius 3 is 2.89 bits per heavy atom. The van der Waals surface area contributed by atoms with Crippen LogP contribution >= 0.6 is 0 Å². The van der Waals surface area contributed by atoms with Crippen LogP contribution in [0.4, 0.5) is 5.69 Å². The Balaban J connectivity index is 1.76. The minimum atomic E-state index is 0.224. The van der Waals surface area contributed by atoms with Gasteiger partial charge in [0, 0.05) is 38.3 Å². The number of likely N-dealkylation sites (N-methyl/N-ethyl adjacent to an activating group) is 1. The number of hydrogen-bond donors (Lipinski definition) is 1. The van der Waals surface area contributed by atoms with Gasteiger partial charge in [0.25, 0.3) is 0 Å². The van der Waals surface area contributed by atoms with E-state index < -0.39 is 0 Å². The monoisotopic (exact) mass is 261 g/mol. The number of para-hydroxylation sites is 1. The fourth-order valence-corrected chi connectivity index (χ4v) is 2.36. The molecule has 1 aliphatic rings. The number of amides is 1. The molecule has 4 nitrogen and oxygen atoms in total. The van der Waals surface area contributed by atoms with Gasteiger partial charge in [0.1, 0.15) is 0 Å². The smallest absolute Gasteiger partial charge is 0.228 e. The predicted molar refractivity (Wildman–Crippen MR) is 78.5 cm³/mol. The van der Waals surface area contributed by atoms with Crippen molar-refractivity contribution in [2.24, 2.45) is 0 Å². The second kappa shape index (κ2) is 6.68. The molecule has 1 heterocycles. The third-order valence-corrected chi connectivity index (χ3v) is 3.44. The Kier molecular flexibility index (Phi) is 4.93. The van der Waals surface area contributed by atoms with Crippen LogP contribution in [0.25, 0.3) is 0 Å². The average molecular weight is 261 g/mol. The number of benzene rings is 1. The van der Waals surface area contributed by atoms with Gasteiger partial charge < -0.3 is 15.1 Å². The first-order chi connectivity index (χ1) is 9.18. The number of hydrogen-bond acceptors (Lipinski definition) is 3. The summed E-state index contributed by atoms with van der Waals surface area (Å²) in [7, 11) is 4.10. The Morgan fingerprint density at radius 1 is 1.32 bits per heavy atom. The van der Waals surface area contributed by atoms with Gasteiger partial charge >= 0.3 is 0 Å². The Morgan fingerprint density at radius 2 is 2.11 bits per heavy atom. The maximum Gasteiger partial charge on any atom is 0.228 e. The number of carbonyl (C=O) groups excluding carboxylic acids is 1. The highest BCUT2D eigenvalue weighted by Crippen LogP contribution is 2.27. The molecule has 0 radical (unpaired) electrons. The van der Waals surface area contributed by atoms with E-state index in [4.69, 9.17) is 0 Å². The van der Waals surface area contributed by atoms with Crippen LogP contribution in [0.15, 0.2) is 24.3 Å². The SMILES string of the molecule is CN(C)CCNCCC(=O)N1CCc2ccccc21. The molecule has 0 fully saturated rings. The lowest BCUT2D eigenvalue weighted by molar-refractivity contribution is -0.118. The van der Waals surface area contributed by atoms with E-state index in [9.17, 15) is 4.79 Å². The number of anilines is 1. The van der Waals surface area contributed by atoms with Crippen molar-refractivity contribution in [2.75, 3.05) is 45.2 Å². The molecule has 4 heteroatoms. The highest BCUT2D eigenvalue weighted by molar-refractivity contribution is 5.95. The van der Waals surface area contributed by atoms with Gasteiger partial charge in [-0.05, 0) is 32.1 Å². The first kappa shape index (κ1) is 14.0. The van der Waals surface area contributed by atoms with Crippen LogP contribution in [0.2, 0.25) is 0 Å². The molecule has 0 saturated heterocycles. The lowest BCUT2D eigenvalue weighted by atomic mass is 10.2. The minimum absolute atomic E-state index is 0.224. The van der Waals surface area contributed by atoms with Gasteiger partial charge in [0.15, 0.2) is 0 Å². The number of fused-ring (bicyclic) bond motifs is 1. The summed E-state index contributed by atoms with van der Waals surface area (Å²) in [6.45, 7) is 3.51. The summed E-state index contributed by atoms with van der Waals surface area (Å²) in [6, 6.07) is 8.19. The van der Waals surface area contributed by atoms with E-state index in [1.54, 1.807) is 0 Å². The quantitative estimate of drug-likeness (QED) is 0.779. The number of nitrogens with zero attached hydrogens (tertiary/aromatic N) is 2. The third-order valence-electron chi connectivity index (χ3n) is 3.44. The molecule has 0 bridgehead atoms. The molecule has 19 heavy (non-hydrogen) atoms. The molecule has 1 amide bonds. The molecule has 104 valence electrons. The Labute approximate surface area is 115 Å². The maximum atomic E-state index is 12.2. The fraction of sp³-hybridized carbons (Fsp3) is 0.533. The van der Waals surface area contributed by atoms with Crippen molar-refractivity contribution in [3.8, 4) is 0 Å². The average Bonchev–Trinajstić information content (AvgIpc) is 2.81. The summed E-state index contributed by atoms with van der Waals surface area (Å²) in [6.07, 6.45) is 1.55. The fourth-order valence-electron chi connectivity index (χ4n) is 2.36. The van der Waals surface area contributed by atoms with Crippen LogP contribution in [0.3, 0.4) is 0 Å². The standard InChI is InChI=1S/C15H23N3O/c1-17(2)12-10-16-9-7-15(19)18-11-8-13-5-3-4-6-14(13)18/h3-6,16H,7-12H2,1-2H3. The lowest BCUT2D eigenvalue weighted by Gasteiger charge is -2.17. The number of nitrogens with one attached hydrogen (secondary N) is 1. The second-order valence-electron chi connectivity index (χ2n) is 5.23. The molecule has 0 saturated carbocycles. The van der Waals surface area contributed by atoms with Crippen molar-refractivity contribution < 1.29 is 4.79 Å². The van der Waals surface area contributed by atoms with Gasteiger partial charge in [-0.1, -0.05) is 18.2 Å². The zero-order valence-corrected chi connectivity index (χ0v) is 11.9. The van der Waals surface area contributed by atoms with Gasteiger partial charge in [0.05, 0.1) is 0 Å². The van der Waals surface area contributed by atoms with Crippen LogP contribution < -0.4 is 10.2 Å². The molecule has 2 rings (SSSR count). The first-order valence-electron chi connectivity index (χ1n) is 6.92. The lowest BCUT2D eigenvalue weighted by Crippen LogP contribution is -2.33. The summed E-state index contributed by atoms with van der Waals surface area (Å²) < 4.78 is 0. The Hall–Kier alpha value is -1.39. The van der Waals surface area contributed by atoms with Crippen molar-refractivity contribution >= 4 is 11.6 Å². The molecule has 1 N–H and O–H groups in total. The van der Waals surface area contributed by atoms with Crippen LogP contribution in [0.5, 0.6) is 0 Å². The molecule has 0 spiro atoms. The van der Waals surface area contributed by atoms with Crippen molar-refractivity contribution in [3.63, 3.8) is 0 Å². The molecule has 0 aliphatic carbocycles. The zero-order valence-electron chi connectivity index (χ0n) is 11.9. The van der Waals surface area contributed by atoms with E-state index in [2.05, 4.69) is 16.3 Å². The molecule has 0 unspecified atom stereocenters. The normalized spacial score (nSPS) is 13.9. The molecular weight excluding hydrogens is 238 g/mol. The third kappa shape index (κ3) is 3.78. The summed E-state index contributed by atoms with van der Waals surface area (Å²) in [5, 5.41) is 3.31. The van der Waals surface area contributed by atoms with Crippen molar-refractivity contribution in [1.29, 1.82) is 0 Å². The molecular formula is C15H23N3O. The van der Waals surface area contributed by atoms with Gasteiger partial charge in [-0.15, -0.1) is 0 Å². The largest absolute Gasteiger partial charge is 0.315 e. The van der Waals surface area contributed by atoms with Gasteiger partial charge in [-0.3, -0.25) is 4.79 Å². The van der Waals surface area contributed by atoms with Crippen molar-refractivity contribution in [3.05, 3.63) is 29.8 Å². The molecule has 0 atom stereocenters. The van der Waals surface area contributed by atoms with Gasteiger partial charge in [-0.2, -0.15) is 0 Å². The van der Waals surface area contributed by atoms with E-state index in [0.717, 1.165) is 38.3 Å². The van der Waals surface area contributed by atoms with E-state index in [1.165, 1.54) is 5.56 Å². The molecule has 1 aliphatic heterocycles. The summed E-state index contributed by atoms with van der Waals surface area (Å²) in [5.41, 5.74) is 2.39. The van der Waals surface area contributed by atoms with Crippen LogP contribution in [0.1, 0.15) is 12.0 Å². The van der Waals surface area contributed by atoms with Crippen LogP contribution in [0, 0.1) is 0 Å². The summed E-state index contributed by atoms with van der Waals surface area (Å²) >= 11 is 0. The zero-order chi connectivity index (χ0) is 13.7. The highest BCUT2D eigenvalue weighted by Gasteiger charge is 2.23. The number of rotatable bonds is 6. The topological polar surface area (TPSA) is 35.6 Å². The summed E-state index contributed by atoms with van der Waals surface area (Å²) in [5.74, 6) is 0.224. The van der Waals surface area contributed by atoms with Crippen molar-refractivity contribution in [1.82, 2.24) is 10.2 Å². The van der Waals surface area contributed by atoms with E-state index in [1.807, 2.05) is 37.2 Å². The Bertz CT molecular complexity index is 431. The minimum Gasteiger partial charge on any atom is -0.315 e. The molecule has 1 aromatic carbocycles. The maximum absolute atomic E-state index is 12.2. The van der Waals surface area contributed by atoms with Crippen molar-refractivity contribution in [2.45, 2.75) is 12.8 Å². The highest BCUT2D eigenvalue weighted by atomic mass is 16.2. The molecule has 1 aromatic rings. The predicted octanol–water partition coefficient (Wildman–Crippen LogP) is 1.12. The van der Waals surface area contributed by atoms with Crippen LogP contribution in [-0.4, -0.2) is 51.1 Å². The summed E-state index contributed by atoms with van der Waals surface area (Å²) in [4.78, 5) is 16.2. The van der Waals surface area contributed by atoms with E-state index in [-0.39, 0.29) is 5.91 Å². The molecule has 0 aromatic heterocycles. The first-order valence-corrected chi connectivity index (χ1v) is 6.92. The second-order valence-corrected chi connectivity index (χ2v) is 5.23. The van der Waals surface area contributed by atoms with E-state index >= 15 is 0 Å². The van der Waals surface area contributed by atoms with E-state index in [0.29, 0.717) is 6.42 Å². The van der Waals surface area contributed by atoms with Gasteiger partial charge in [0.2, 0.25) is 5.91 Å².